The summed E-state index contributed by atoms with van der Waals surface area (Å²) in [4.78, 5) is 0.357. The van der Waals surface area contributed by atoms with Crippen molar-refractivity contribution < 1.29 is 8.42 Å². The Morgan fingerprint density at radius 3 is 1.56 bits per heavy atom. The van der Waals surface area contributed by atoms with Crippen molar-refractivity contribution in [3.8, 4) is 0 Å². The van der Waals surface area contributed by atoms with E-state index in [0.29, 0.717) is 4.90 Å². The van der Waals surface area contributed by atoms with Crippen LogP contribution in [0.4, 0.5) is 0 Å². The molecule has 0 heterocycles. The van der Waals surface area contributed by atoms with E-state index in [2.05, 4.69) is 20.7 Å². The Balaban J connectivity index is 1.93. The van der Waals surface area contributed by atoms with Gasteiger partial charge in [0.2, 0.25) is 10.0 Å². The lowest BCUT2D eigenvalue weighted by Gasteiger charge is -2.19. The first-order chi connectivity index (χ1) is 12.1. The summed E-state index contributed by atoms with van der Waals surface area (Å²) in [5.74, 6) is 0. The zero-order valence-corrected chi connectivity index (χ0v) is 17.6. The molecule has 1 aliphatic rings. The van der Waals surface area contributed by atoms with Gasteiger partial charge in [-0.25, -0.2) is 13.1 Å². The van der Waals surface area contributed by atoms with Gasteiger partial charge in [-0.05, 0) is 37.1 Å². The van der Waals surface area contributed by atoms with Crippen LogP contribution in [0, 0.1) is 0 Å². The summed E-state index contributed by atoms with van der Waals surface area (Å²) >= 11 is 3.36. The van der Waals surface area contributed by atoms with E-state index in [1.165, 1.54) is 57.8 Å². The molecule has 0 unspecified atom stereocenters. The molecule has 1 fully saturated rings. The summed E-state index contributed by atoms with van der Waals surface area (Å²) in [6.07, 6.45) is 15.9. The van der Waals surface area contributed by atoms with Gasteiger partial charge in [-0.15, -0.1) is 0 Å². The van der Waals surface area contributed by atoms with Gasteiger partial charge in [0, 0.05) is 10.5 Å². The minimum atomic E-state index is -3.43. The van der Waals surface area contributed by atoms with E-state index in [1.54, 1.807) is 24.3 Å². The second-order valence-electron chi connectivity index (χ2n) is 7.24. The van der Waals surface area contributed by atoms with Crippen molar-refractivity contribution in [2.75, 3.05) is 0 Å². The Morgan fingerprint density at radius 1 is 0.720 bits per heavy atom. The van der Waals surface area contributed by atoms with Gasteiger partial charge in [0.25, 0.3) is 0 Å². The molecular formula is C20H32BrNO2S. The minimum Gasteiger partial charge on any atom is -0.208 e. The Labute approximate surface area is 162 Å². The molecule has 0 bridgehead atoms. The Kier molecular flexibility index (Phi) is 9.50. The molecule has 0 atom stereocenters. The third-order valence-electron chi connectivity index (χ3n) is 5.05. The molecular weight excluding hydrogens is 398 g/mol. The quantitative estimate of drug-likeness (QED) is 0.622. The van der Waals surface area contributed by atoms with Crippen LogP contribution in [0.3, 0.4) is 0 Å². The van der Waals surface area contributed by atoms with Crippen molar-refractivity contribution in [2.24, 2.45) is 0 Å². The first kappa shape index (κ1) is 20.9. The van der Waals surface area contributed by atoms with Crippen molar-refractivity contribution >= 4 is 26.0 Å². The maximum Gasteiger partial charge on any atom is 0.240 e. The molecule has 3 nitrogen and oxygen atoms in total. The fraction of sp³-hybridized carbons (Fsp3) is 0.700. The van der Waals surface area contributed by atoms with Crippen LogP contribution in [-0.4, -0.2) is 14.5 Å². The molecule has 1 saturated carbocycles. The molecule has 5 heteroatoms. The summed E-state index contributed by atoms with van der Waals surface area (Å²) < 4.78 is 29.2. The number of halogens is 1. The summed E-state index contributed by atoms with van der Waals surface area (Å²) in [6, 6.07) is 6.95. The fourth-order valence-electron chi connectivity index (χ4n) is 3.54. The Morgan fingerprint density at radius 2 is 1.12 bits per heavy atom. The largest absolute Gasteiger partial charge is 0.240 e. The number of hydrogen-bond donors (Lipinski definition) is 1. The first-order valence-corrected chi connectivity index (χ1v) is 12.1. The van der Waals surface area contributed by atoms with Crippen LogP contribution in [0.2, 0.25) is 0 Å². The highest BCUT2D eigenvalue weighted by Crippen LogP contribution is 2.20. The van der Waals surface area contributed by atoms with Gasteiger partial charge in [-0.2, -0.15) is 0 Å². The van der Waals surface area contributed by atoms with E-state index in [1.807, 2.05) is 0 Å². The number of sulfonamides is 1. The number of rotatable bonds is 3. The molecule has 0 aromatic heterocycles. The first-order valence-electron chi connectivity index (χ1n) is 9.86. The lowest BCUT2D eigenvalue weighted by atomic mass is 9.99. The van der Waals surface area contributed by atoms with Crippen LogP contribution in [0.15, 0.2) is 33.6 Å². The highest BCUT2D eigenvalue weighted by molar-refractivity contribution is 9.10. The molecule has 1 N–H and O–H groups in total. The summed E-state index contributed by atoms with van der Waals surface area (Å²) in [5, 5.41) is 0. The highest BCUT2D eigenvalue weighted by Gasteiger charge is 2.19. The molecule has 0 spiro atoms. The second-order valence-corrected chi connectivity index (χ2v) is 9.87. The zero-order chi connectivity index (χ0) is 18.0. The number of benzene rings is 1. The Bertz CT molecular complexity index is 572. The molecule has 142 valence electrons. The van der Waals surface area contributed by atoms with Crippen LogP contribution in [-0.2, 0) is 10.0 Å². The summed E-state index contributed by atoms with van der Waals surface area (Å²) in [7, 11) is -3.43. The van der Waals surface area contributed by atoms with E-state index in [0.717, 1.165) is 30.2 Å². The van der Waals surface area contributed by atoms with Crippen LogP contribution in [0.25, 0.3) is 0 Å². The van der Waals surface area contributed by atoms with Crippen LogP contribution >= 0.6 is 15.9 Å². The van der Waals surface area contributed by atoms with E-state index in [4.69, 9.17) is 0 Å². The predicted octanol–water partition coefficient (Wildman–Crippen LogP) is 6.18. The van der Waals surface area contributed by atoms with Crippen LogP contribution in [0.5, 0.6) is 0 Å². The van der Waals surface area contributed by atoms with Gasteiger partial charge in [0.05, 0.1) is 4.90 Å². The normalized spacial score (nSPS) is 20.0. The molecule has 1 aromatic carbocycles. The molecule has 0 amide bonds. The number of nitrogens with one attached hydrogen (secondary N) is 1. The topological polar surface area (TPSA) is 46.2 Å². The lowest BCUT2D eigenvalue weighted by Crippen LogP contribution is -2.34. The molecule has 0 saturated heterocycles. The van der Waals surface area contributed by atoms with Gasteiger partial charge in [0.1, 0.15) is 0 Å². The van der Waals surface area contributed by atoms with E-state index < -0.39 is 10.0 Å². The highest BCUT2D eigenvalue weighted by atomic mass is 79.9. The third-order valence-corrected chi connectivity index (χ3v) is 7.12. The second kappa shape index (κ2) is 11.3. The maximum absolute atomic E-state index is 12.7. The summed E-state index contributed by atoms with van der Waals surface area (Å²) in [6.45, 7) is 0. The van der Waals surface area contributed by atoms with Crippen LogP contribution < -0.4 is 4.72 Å². The van der Waals surface area contributed by atoms with Crippen molar-refractivity contribution in [3.63, 3.8) is 0 Å². The average Bonchev–Trinajstić information content (AvgIpc) is 2.58. The smallest absolute Gasteiger partial charge is 0.208 e. The molecule has 2 rings (SSSR count). The monoisotopic (exact) mass is 429 g/mol. The van der Waals surface area contributed by atoms with Crippen molar-refractivity contribution in [1.29, 1.82) is 0 Å². The van der Waals surface area contributed by atoms with E-state index in [-0.39, 0.29) is 6.04 Å². The van der Waals surface area contributed by atoms with Gasteiger partial charge in [-0.1, -0.05) is 86.6 Å². The van der Waals surface area contributed by atoms with Gasteiger partial charge < -0.3 is 0 Å². The van der Waals surface area contributed by atoms with Crippen molar-refractivity contribution in [1.82, 2.24) is 4.72 Å². The van der Waals surface area contributed by atoms with Crippen molar-refractivity contribution in [2.45, 2.75) is 94.4 Å². The average molecular weight is 430 g/mol. The SMILES string of the molecule is O=S(=O)(NC1CCCCCCCCCCCCC1)c1ccc(Br)cc1. The molecule has 0 aliphatic heterocycles. The molecule has 1 aliphatic carbocycles. The lowest BCUT2D eigenvalue weighted by molar-refractivity contribution is 0.443. The zero-order valence-electron chi connectivity index (χ0n) is 15.2. The maximum atomic E-state index is 12.7. The molecule has 1 aromatic rings. The van der Waals surface area contributed by atoms with Crippen molar-refractivity contribution in [3.05, 3.63) is 28.7 Å². The van der Waals surface area contributed by atoms with Gasteiger partial charge in [-0.3, -0.25) is 0 Å². The number of hydrogen-bond acceptors (Lipinski definition) is 2. The Hall–Kier alpha value is -0.390. The van der Waals surface area contributed by atoms with Crippen LogP contribution in [0.1, 0.15) is 83.5 Å². The third kappa shape index (κ3) is 8.23. The summed E-state index contributed by atoms with van der Waals surface area (Å²) in [5.41, 5.74) is 0. The standard InChI is InChI=1S/C20H32BrNO2S/c21-18-14-16-20(17-15-18)25(23,24)22-19-12-10-8-6-4-2-1-3-5-7-9-11-13-19/h14-17,19,22H,1-13H2. The molecule has 25 heavy (non-hydrogen) atoms. The predicted molar refractivity (Wildman–Crippen MR) is 108 cm³/mol. The molecule has 0 radical (unpaired) electrons. The minimum absolute atomic E-state index is 0.0663. The van der Waals surface area contributed by atoms with E-state index >= 15 is 0 Å². The van der Waals surface area contributed by atoms with Gasteiger partial charge in [0.15, 0.2) is 0 Å². The fourth-order valence-corrected chi connectivity index (χ4v) is 5.11. The van der Waals surface area contributed by atoms with E-state index in [9.17, 15) is 8.42 Å². The van der Waals surface area contributed by atoms with Gasteiger partial charge >= 0.3 is 0 Å².